The molecule has 0 unspecified atom stereocenters. The van der Waals surface area contributed by atoms with Crippen LogP contribution in [0.5, 0.6) is 0 Å². The number of amidine groups is 1. The maximum absolute atomic E-state index is 12.8. The van der Waals surface area contributed by atoms with E-state index in [2.05, 4.69) is 9.98 Å². The first kappa shape index (κ1) is 22.5. The summed E-state index contributed by atoms with van der Waals surface area (Å²) in [4.78, 5) is 44.4. The van der Waals surface area contributed by atoms with Gasteiger partial charge in [-0.1, -0.05) is 36.4 Å². The van der Waals surface area contributed by atoms with Gasteiger partial charge in [-0.05, 0) is 33.8 Å². The fraction of sp³-hybridized carbons (Fsp3) is 0.217. The summed E-state index contributed by atoms with van der Waals surface area (Å²) in [7, 11) is 0. The monoisotopic (exact) mass is 435 g/mol. The predicted molar refractivity (Wildman–Crippen MR) is 118 cm³/mol. The molecule has 0 fully saturated rings. The quantitative estimate of drug-likeness (QED) is 0.252. The average molecular weight is 435 g/mol. The number of aliphatic hydroxyl groups is 1. The van der Waals surface area contributed by atoms with Crippen LogP contribution >= 0.6 is 0 Å². The van der Waals surface area contributed by atoms with Crippen molar-refractivity contribution >= 4 is 29.1 Å². The van der Waals surface area contributed by atoms with E-state index in [1.807, 2.05) is 0 Å². The molecule has 0 saturated heterocycles. The molecule has 0 spiro atoms. The molecule has 32 heavy (non-hydrogen) atoms. The molecule has 0 saturated carbocycles. The van der Waals surface area contributed by atoms with Gasteiger partial charge in [-0.25, -0.2) is 9.79 Å². The highest BCUT2D eigenvalue weighted by atomic mass is 16.6. The van der Waals surface area contributed by atoms with Gasteiger partial charge in [0.05, 0.1) is 10.6 Å². The van der Waals surface area contributed by atoms with E-state index in [0.29, 0.717) is 11.1 Å². The Hall–Kier alpha value is -4.14. The van der Waals surface area contributed by atoms with Crippen LogP contribution in [0, 0.1) is 10.1 Å². The van der Waals surface area contributed by atoms with Crippen LogP contribution in [0.4, 0.5) is 5.69 Å². The van der Waals surface area contributed by atoms with Crippen molar-refractivity contribution in [2.45, 2.75) is 33.3 Å². The maximum atomic E-state index is 12.8. The van der Waals surface area contributed by atoms with Gasteiger partial charge in [-0.3, -0.25) is 14.9 Å². The molecule has 2 aromatic carbocycles. The van der Waals surface area contributed by atoms with Crippen molar-refractivity contribution < 1.29 is 24.4 Å². The van der Waals surface area contributed by atoms with Gasteiger partial charge in [0, 0.05) is 17.2 Å². The van der Waals surface area contributed by atoms with E-state index in [1.54, 1.807) is 45.0 Å². The van der Waals surface area contributed by atoms with Crippen molar-refractivity contribution in [3.05, 3.63) is 86.7 Å². The number of hydrogen-bond donors (Lipinski definition) is 1. The summed E-state index contributed by atoms with van der Waals surface area (Å²) in [5.74, 6) is -1.96. The number of nitrogens with zero attached hydrogens (tertiary/aromatic N) is 3. The smallest absolute Gasteiger partial charge is 0.344 e. The summed E-state index contributed by atoms with van der Waals surface area (Å²) >= 11 is 0. The minimum absolute atomic E-state index is 0.0268. The predicted octanol–water partition coefficient (Wildman–Crippen LogP) is 4.16. The van der Waals surface area contributed by atoms with Crippen LogP contribution in [0.15, 0.2) is 69.8 Å². The van der Waals surface area contributed by atoms with Gasteiger partial charge in [0.2, 0.25) is 0 Å². The molecule has 2 aromatic rings. The molecule has 0 aromatic heterocycles. The second kappa shape index (κ2) is 8.54. The van der Waals surface area contributed by atoms with Crippen molar-refractivity contribution in [2.24, 2.45) is 9.98 Å². The zero-order chi connectivity index (χ0) is 23.6. The average Bonchev–Trinajstić information content (AvgIpc) is 3.04. The molecule has 164 valence electrons. The Morgan fingerprint density at radius 3 is 2.25 bits per heavy atom. The number of amides is 1. The van der Waals surface area contributed by atoms with Gasteiger partial charge in [-0.2, -0.15) is 4.99 Å². The first-order valence-electron chi connectivity index (χ1n) is 9.68. The molecule has 1 heterocycles. The Labute approximate surface area is 183 Å². The zero-order valence-corrected chi connectivity index (χ0v) is 17.9. The molecule has 1 amide bonds. The Morgan fingerprint density at radius 1 is 1.06 bits per heavy atom. The van der Waals surface area contributed by atoms with Gasteiger partial charge in [0.15, 0.2) is 5.84 Å². The van der Waals surface area contributed by atoms with E-state index < -0.39 is 22.4 Å². The highest BCUT2D eigenvalue weighted by Gasteiger charge is 2.32. The van der Waals surface area contributed by atoms with Crippen molar-refractivity contribution in [1.29, 1.82) is 0 Å². The number of aliphatic hydroxyl groups excluding tert-OH is 1. The molecule has 1 aliphatic heterocycles. The first-order valence-corrected chi connectivity index (χ1v) is 9.68. The van der Waals surface area contributed by atoms with Crippen LogP contribution in [0.2, 0.25) is 0 Å². The lowest BCUT2D eigenvalue weighted by molar-refractivity contribution is -0.385. The summed E-state index contributed by atoms with van der Waals surface area (Å²) in [5, 5.41) is 21.5. The van der Waals surface area contributed by atoms with E-state index in [1.165, 1.54) is 31.2 Å². The number of hydrogen-bond acceptors (Lipinski definition) is 6. The van der Waals surface area contributed by atoms with Crippen molar-refractivity contribution in [3.63, 3.8) is 0 Å². The van der Waals surface area contributed by atoms with Crippen molar-refractivity contribution in [1.82, 2.24) is 0 Å². The highest BCUT2D eigenvalue weighted by Crippen LogP contribution is 2.27. The van der Waals surface area contributed by atoms with E-state index in [-0.39, 0.29) is 34.1 Å². The number of esters is 1. The Morgan fingerprint density at radius 2 is 1.66 bits per heavy atom. The zero-order valence-electron chi connectivity index (χ0n) is 17.9. The number of nitro groups is 1. The summed E-state index contributed by atoms with van der Waals surface area (Å²) in [5.41, 5.74) is -0.521. The van der Waals surface area contributed by atoms with Gasteiger partial charge >= 0.3 is 5.97 Å². The maximum Gasteiger partial charge on any atom is 0.344 e. The van der Waals surface area contributed by atoms with Gasteiger partial charge in [0.25, 0.3) is 11.6 Å². The fourth-order valence-corrected chi connectivity index (χ4v) is 3.10. The lowest BCUT2D eigenvalue weighted by Gasteiger charge is -2.21. The van der Waals surface area contributed by atoms with Crippen LogP contribution in [0.3, 0.4) is 0 Å². The molecule has 0 bridgehead atoms. The molecule has 0 radical (unpaired) electrons. The van der Waals surface area contributed by atoms with Crippen LogP contribution < -0.4 is 0 Å². The Bertz CT molecular complexity index is 1210. The number of nitro benzene ring substituents is 1. The minimum atomic E-state index is -0.851. The number of rotatable bonds is 4. The topological polar surface area (TPSA) is 131 Å². The summed E-state index contributed by atoms with van der Waals surface area (Å²) in [6.07, 6.45) is 0. The molecular weight excluding hydrogens is 414 g/mol. The molecule has 9 heteroatoms. The standard InChI is InChI=1S/C23H21N3O6/c1-13(27)18(22(29)32-23(2,3)4)19-14-9-5-6-10-15(14)20(24-19)25-21(28)16-11-7-8-12-17(16)26(30)31/h5-12,27H,1-4H3. The second-order valence-electron chi connectivity index (χ2n) is 7.98. The third kappa shape index (κ3) is 4.61. The number of carbonyl (C=O) groups excluding carboxylic acids is 2. The third-order valence-electron chi connectivity index (χ3n) is 4.38. The van der Waals surface area contributed by atoms with Crippen LogP contribution in [-0.4, -0.2) is 39.1 Å². The SMILES string of the molecule is CC(O)=C(C(=O)OC(C)(C)C)C1=NC(=NC(=O)c2ccccc2[N+](=O)[O-])c2ccccc21. The van der Waals surface area contributed by atoms with Crippen LogP contribution in [0.25, 0.3) is 0 Å². The Kier molecular flexibility index (Phi) is 6.02. The number of para-hydroxylation sites is 1. The fourth-order valence-electron chi connectivity index (χ4n) is 3.10. The normalized spacial score (nSPS) is 15.0. The molecule has 0 atom stereocenters. The van der Waals surface area contributed by atoms with Gasteiger partial charge in [-0.15, -0.1) is 0 Å². The highest BCUT2D eigenvalue weighted by molar-refractivity contribution is 6.36. The molecule has 3 rings (SSSR count). The van der Waals surface area contributed by atoms with Gasteiger partial charge in [0.1, 0.15) is 22.5 Å². The minimum Gasteiger partial charge on any atom is -0.512 e. The number of benzene rings is 2. The molecule has 1 N–H and O–H groups in total. The Balaban J connectivity index is 2.12. The summed E-state index contributed by atoms with van der Waals surface area (Å²) in [6.45, 7) is 6.41. The largest absolute Gasteiger partial charge is 0.512 e. The van der Waals surface area contributed by atoms with Crippen LogP contribution in [0.1, 0.15) is 49.2 Å². The number of aliphatic imine (C=N–C) groups is 2. The number of allylic oxidation sites excluding steroid dienone is 1. The van der Waals surface area contributed by atoms with Gasteiger partial charge < -0.3 is 9.84 Å². The number of carbonyl (C=O) groups is 2. The summed E-state index contributed by atoms with van der Waals surface area (Å²) in [6, 6.07) is 12.2. The van der Waals surface area contributed by atoms with E-state index in [9.17, 15) is 24.8 Å². The van der Waals surface area contributed by atoms with Crippen molar-refractivity contribution in [3.8, 4) is 0 Å². The second-order valence-corrected chi connectivity index (χ2v) is 7.98. The lowest BCUT2D eigenvalue weighted by atomic mass is 9.99. The lowest BCUT2D eigenvalue weighted by Crippen LogP contribution is -2.28. The summed E-state index contributed by atoms with van der Waals surface area (Å²) < 4.78 is 5.40. The van der Waals surface area contributed by atoms with E-state index >= 15 is 0 Å². The molecule has 1 aliphatic rings. The molecule has 0 aliphatic carbocycles. The number of fused-ring (bicyclic) bond motifs is 1. The van der Waals surface area contributed by atoms with Crippen LogP contribution in [-0.2, 0) is 9.53 Å². The third-order valence-corrected chi connectivity index (χ3v) is 4.38. The first-order chi connectivity index (χ1) is 15.0. The molecular formula is C23H21N3O6. The van der Waals surface area contributed by atoms with E-state index in [4.69, 9.17) is 4.74 Å². The number of ether oxygens (including phenoxy) is 1. The van der Waals surface area contributed by atoms with E-state index in [0.717, 1.165) is 0 Å². The molecule has 9 nitrogen and oxygen atoms in total. The van der Waals surface area contributed by atoms with Crippen molar-refractivity contribution in [2.75, 3.05) is 0 Å².